The third-order valence-corrected chi connectivity index (χ3v) is 7.57. The smallest absolute Gasteiger partial charge is 0.340 e. The Morgan fingerprint density at radius 2 is 1.61 bits per heavy atom. The lowest BCUT2D eigenvalue weighted by molar-refractivity contribution is -0.152. The number of nitrogens with one attached hydrogen (secondary N) is 2. The number of hydrogen-bond acceptors (Lipinski definition) is 6. The highest BCUT2D eigenvalue weighted by molar-refractivity contribution is 6.34. The molecule has 11 nitrogen and oxygen atoms in total. The number of terminal acetylenes is 1. The number of amides is 5. The highest BCUT2D eigenvalue weighted by Gasteiger charge is 2.40. The zero-order chi connectivity index (χ0) is 28.9. The van der Waals surface area contributed by atoms with Gasteiger partial charge in [-0.25, -0.2) is 19.6 Å². The van der Waals surface area contributed by atoms with Crippen molar-refractivity contribution >= 4 is 52.6 Å². The predicted octanol–water partition coefficient (Wildman–Crippen LogP) is 4.08. The van der Waals surface area contributed by atoms with Crippen LogP contribution in [0.4, 0.5) is 26.7 Å². The molecule has 2 aromatic rings. The molecule has 5 rings (SSSR count). The monoisotopic (exact) mass is 579 g/mol. The molecule has 2 heterocycles. The normalized spacial score (nSPS) is 19.2. The molecule has 41 heavy (non-hydrogen) atoms. The molecule has 214 valence electrons. The molecule has 3 fully saturated rings. The van der Waals surface area contributed by atoms with Gasteiger partial charge in [-0.05, 0) is 55.3 Å². The molecule has 0 aromatic heterocycles. The van der Waals surface area contributed by atoms with Crippen molar-refractivity contribution in [3.05, 3.63) is 53.1 Å². The van der Waals surface area contributed by atoms with Crippen molar-refractivity contribution in [3.63, 3.8) is 0 Å². The van der Waals surface area contributed by atoms with Gasteiger partial charge in [-0.1, -0.05) is 30.4 Å². The average Bonchev–Trinajstić information content (AvgIpc) is 3.65. The Hall–Kier alpha value is -4.27. The molecule has 2 aliphatic heterocycles. The third-order valence-electron chi connectivity index (χ3n) is 7.26. The van der Waals surface area contributed by atoms with Crippen molar-refractivity contribution in [2.24, 2.45) is 5.92 Å². The molecule has 1 saturated carbocycles. The van der Waals surface area contributed by atoms with E-state index < -0.39 is 18.2 Å². The number of carbonyl (C=O) groups excluding carboxylic acids is 4. The van der Waals surface area contributed by atoms with E-state index in [1.165, 1.54) is 21.0 Å². The number of benzene rings is 2. The number of hydrogen-bond donors (Lipinski definition) is 2. The van der Waals surface area contributed by atoms with Crippen molar-refractivity contribution in [1.82, 2.24) is 10.0 Å². The number of esters is 1. The molecule has 1 aliphatic carbocycles. The number of carbonyl (C=O) groups is 4. The molecule has 12 heteroatoms. The van der Waals surface area contributed by atoms with Gasteiger partial charge in [0.25, 0.3) is 5.91 Å². The number of anilines is 3. The fraction of sp³-hybridized carbons (Fsp3) is 0.379. The summed E-state index contributed by atoms with van der Waals surface area (Å²) in [5.74, 6) is 1.84. The first-order chi connectivity index (χ1) is 19.8. The van der Waals surface area contributed by atoms with Crippen LogP contribution in [0.25, 0.3) is 0 Å². The quantitative estimate of drug-likeness (QED) is 0.407. The fourth-order valence-corrected chi connectivity index (χ4v) is 5.41. The zero-order valence-electron chi connectivity index (χ0n) is 22.3. The standard InChI is InChI=1S/C29H30ClN5O6/c1-2-19-7-9-21(10-8-19)31-28(38)34-16-23(41-27(37)20-5-3-4-6-20)17-35(34)29(39)32-22-11-12-25(24(30)15-22)33-13-14-40-18-26(33)36/h1,7-12,15,20,23H,3-6,13-14,16-18H2,(H,31,38)(H,32,39). The second-order valence-electron chi connectivity index (χ2n) is 10.1. The Labute approximate surface area is 242 Å². The minimum absolute atomic E-state index is 0.00100. The number of nitrogens with zero attached hydrogens (tertiary/aromatic N) is 3. The van der Waals surface area contributed by atoms with Gasteiger partial charge in [0, 0.05) is 23.5 Å². The van der Waals surface area contributed by atoms with Crippen molar-refractivity contribution in [2.45, 2.75) is 31.8 Å². The number of morpholine rings is 1. The molecule has 2 saturated heterocycles. The van der Waals surface area contributed by atoms with Gasteiger partial charge in [0.2, 0.25) is 0 Å². The van der Waals surface area contributed by atoms with Crippen molar-refractivity contribution in [2.75, 3.05) is 48.4 Å². The largest absolute Gasteiger partial charge is 0.458 e. The first-order valence-corrected chi connectivity index (χ1v) is 13.8. The lowest BCUT2D eigenvalue weighted by Crippen LogP contribution is -2.48. The maximum absolute atomic E-state index is 13.4. The van der Waals surface area contributed by atoms with Crippen LogP contribution in [0.15, 0.2) is 42.5 Å². The van der Waals surface area contributed by atoms with Gasteiger partial charge in [0.05, 0.1) is 36.3 Å². The Morgan fingerprint density at radius 1 is 0.976 bits per heavy atom. The number of urea groups is 2. The second-order valence-corrected chi connectivity index (χ2v) is 10.5. The van der Waals surface area contributed by atoms with E-state index >= 15 is 0 Å². The molecule has 0 spiro atoms. The van der Waals surface area contributed by atoms with Gasteiger partial charge in [-0.15, -0.1) is 6.42 Å². The maximum atomic E-state index is 13.4. The average molecular weight is 580 g/mol. The van der Waals surface area contributed by atoms with Crippen LogP contribution in [0.3, 0.4) is 0 Å². The lowest BCUT2D eigenvalue weighted by Gasteiger charge is -2.28. The first-order valence-electron chi connectivity index (χ1n) is 13.4. The van der Waals surface area contributed by atoms with Gasteiger partial charge < -0.3 is 25.0 Å². The van der Waals surface area contributed by atoms with Crippen LogP contribution in [-0.4, -0.2) is 72.9 Å². The summed E-state index contributed by atoms with van der Waals surface area (Å²) in [5, 5.41) is 8.18. The van der Waals surface area contributed by atoms with Crippen molar-refractivity contribution < 1.29 is 28.7 Å². The van der Waals surface area contributed by atoms with Gasteiger partial charge in [-0.3, -0.25) is 9.59 Å². The van der Waals surface area contributed by atoms with Gasteiger partial charge in [0.1, 0.15) is 12.7 Å². The van der Waals surface area contributed by atoms with Crippen LogP contribution in [0.1, 0.15) is 31.2 Å². The molecule has 1 atom stereocenters. The molecule has 3 aliphatic rings. The number of rotatable bonds is 5. The highest BCUT2D eigenvalue weighted by Crippen LogP contribution is 2.31. The van der Waals surface area contributed by atoms with Gasteiger partial charge >= 0.3 is 18.0 Å². The van der Waals surface area contributed by atoms with E-state index in [4.69, 9.17) is 27.5 Å². The van der Waals surface area contributed by atoms with Crippen LogP contribution in [0, 0.1) is 18.3 Å². The van der Waals surface area contributed by atoms with E-state index in [-0.39, 0.29) is 42.5 Å². The number of hydrazine groups is 1. The minimum Gasteiger partial charge on any atom is -0.458 e. The zero-order valence-corrected chi connectivity index (χ0v) is 23.1. The fourth-order valence-electron chi connectivity index (χ4n) is 5.12. The molecule has 0 radical (unpaired) electrons. The van der Waals surface area contributed by atoms with E-state index in [0.717, 1.165) is 25.7 Å². The van der Waals surface area contributed by atoms with Crippen LogP contribution >= 0.6 is 11.6 Å². The van der Waals surface area contributed by atoms with Gasteiger partial charge in [-0.2, -0.15) is 0 Å². The van der Waals surface area contributed by atoms with Crippen LogP contribution in [0.2, 0.25) is 5.02 Å². The van der Waals surface area contributed by atoms with Crippen molar-refractivity contribution in [3.8, 4) is 12.3 Å². The first kappa shape index (κ1) is 28.3. The SMILES string of the molecule is C#Cc1ccc(NC(=O)N2CC(OC(=O)C3CCCC3)CN2C(=O)Nc2ccc(N3CCOCC3=O)c(Cl)c2)cc1. The topological polar surface area (TPSA) is 121 Å². The lowest BCUT2D eigenvalue weighted by atomic mass is 10.1. The van der Waals surface area contributed by atoms with E-state index in [9.17, 15) is 19.2 Å². The molecule has 0 bridgehead atoms. The summed E-state index contributed by atoms with van der Waals surface area (Å²) >= 11 is 6.46. The number of halogens is 1. The summed E-state index contributed by atoms with van der Waals surface area (Å²) in [7, 11) is 0. The molecule has 2 aromatic carbocycles. The predicted molar refractivity (Wildman–Crippen MR) is 152 cm³/mol. The van der Waals surface area contributed by atoms with Crippen LogP contribution < -0.4 is 15.5 Å². The van der Waals surface area contributed by atoms with E-state index in [1.807, 2.05) is 0 Å². The minimum atomic E-state index is -0.693. The maximum Gasteiger partial charge on any atom is 0.340 e. The Morgan fingerprint density at radius 3 is 2.22 bits per heavy atom. The Kier molecular flexibility index (Phi) is 8.61. The molecule has 2 N–H and O–H groups in total. The van der Waals surface area contributed by atoms with Crippen molar-refractivity contribution in [1.29, 1.82) is 0 Å². The molecular weight excluding hydrogens is 550 g/mol. The van der Waals surface area contributed by atoms with Gasteiger partial charge in [0.15, 0.2) is 0 Å². The molecule has 1 unspecified atom stereocenters. The van der Waals surface area contributed by atoms with Crippen LogP contribution in [0.5, 0.6) is 0 Å². The number of ether oxygens (including phenoxy) is 2. The summed E-state index contributed by atoms with van der Waals surface area (Å²) in [4.78, 5) is 53.1. The van der Waals surface area contributed by atoms with E-state index in [0.29, 0.717) is 35.8 Å². The molecule has 5 amide bonds. The van der Waals surface area contributed by atoms with Crippen LogP contribution in [-0.2, 0) is 19.1 Å². The summed E-state index contributed by atoms with van der Waals surface area (Å²) in [6, 6.07) is 10.3. The van der Waals surface area contributed by atoms with E-state index in [1.54, 1.807) is 36.4 Å². The summed E-state index contributed by atoms with van der Waals surface area (Å²) < 4.78 is 10.9. The third kappa shape index (κ3) is 6.56. The summed E-state index contributed by atoms with van der Waals surface area (Å²) in [6.45, 7) is 0.728. The summed E-state index contributed by atoms with van der Waals surface area (Å²) in [6.07, 6.45) is 8.23. The second kappa shape index (κ2) is 12.5. The Balaban J connectivity index is 1.30. The summed E-state index contributed by atoms with van der Waals surface area (Å²) in [5.41, 5.74) is 2.02. The highest BCUT2D eigenvalue weighted by atomic mass is 35.5. The Bertz CT molecular complexity index is 1370. The molecular formula is C29H30ClN5O6. The van der Waals surface area contributed by atoms with E-state index in [2.05, 4.69) is 16.6 Å².